The van der Waals surface area contributed by atoms with Crippen LogP contribution in [0.15, 0.2) is 0 Å². The van der Waals surface area contributed by atoms with Crippen molar-refractivity contribution < 1.29 is 8.95 Å². The molecule has 0 aromatic heterocycles. The molecule has 3 heteroatoms. The van der Waals surface area contributed by atoms with E-state index >= 15 is 0 Å². The van der Waals surface area contributed by atoms with Crippen LogP contribution in [0.1, 0.15) is 9.16 Å². The maximum absolute atomic E-state index is 11.3. The molecule has 0 aromatic carbocycles. The van der Waals surface area contributed by atoms with E-state index in [1.54, 1.807) is 7.05 Å². The smallest absolute Gasteiger partial charge is 0.236 e. The molecule has 1 amide bonds. The molecule has 3 nitrogen and oxygen atoms in total. The number of nitrogens with zero attached hydrogens (tertiary/aromatic N) is 1. The first-order valence-electron chi connectivity index (χ1n) is 4.43. The third kappa shape index (κ3) is 1.68. The summed E-state index contributed by atoms with van der Waals surface area (Å²) in [5.74, 6) is -0.630. The Morgan fingerprint density at radius 1 is 2.00 bits per heavy atom. The Labute approximate surface area is 59.3 Å². The lowest BCUT2D eigenvalue weighted by Crippen LogP contribution is -2.31. The van der Waals surface area contributed by atoms with Gasteiger partial charge in [-0.05, 0) is 13.0 Å². The molecule has 52 valence electrons. The molecule has 0 atom stereocenters. The molecule has 0 aromatic rings. The second-order valence-corrected chi connectivity index (χ2v) is 2.07. The van der Waals surface area contributed by atoms with E-state index in [9.17, 15) is 4.79 Å². The van der Waals surface area contributed by atoms with Crippen LogP contribution in [0.3, 0.4) is 0 Å². The topological polar surface area (TPSA) is 32.3 Å². The van der Waals surface area contributed by atoms with Gasteiger partial charge < -0.3 is 10.2 Å². The molecule has 0 radical (unpaired) electrons. The predicted molar refractivity (Wildman–Crippen MR) is 35.1 cm³/mol. The van der Waals surface area contributed by atoms with Crippen LogP contribution in [0.2, 0.25) is 1.41 Å². The van der Waals surface area contributed by atoms with Crippen LogP contribution in [-0.4, -0.2) is 37.4 Å². The van der Waals surface area contributed by atoms with Crippen LogP contribution in [0, 0.1) is 0 Å². The lowest BCUT2D eigenvalue weighted by atomic mass is 10.4. The molecule has 0 unspecified atom stereocenters. The SMILES string of the molecule is [2H]N1CCCN(C)C(=O)C1([2H])[2H]. The van der Waals surface area contributed by atoms with Gasteiger partial charge in [0.25, 0.3) is 0 Å². The molecular formula is C6H12N2O. The van der Waals surface area contributed by atoms with Crippen molar-refractivity contribution in [1.29, 1.82) is 0 Å². The van der Waals surface area contributed by atoms with Gasteiger partial charge in [0.05, 0.1) is 9.24 Å². The van der Waals surface area contributed by atoms with Crippen molar-refractivity contribution in [3.05, 3.63) is 0 Å². The molecule has 1 rings (SSSR count). The second-order valence-electron chi connectivity index (χ2n) is 2.07. The minimum absolute atomic E-state index is 0.295. The van der Waals surface area contributed by atoms with Gasteiger partial charge in [-0.25, -0.2) is 0 Å². The second kappa shape index (κ2) is 2.82. The maximum Gasteiger partial charge on any atom is 0.236 e. The van der Waals surface area contributed by atoms with Crippen LogP contribution in [0.4, 0.5) is 0 Å². The predicted octanol–water partition coefficient (Wildman–Crippen LogP) is -0.562. The summed E-state index contributed by atoms with van der Waals surface area (Å²) >= 11 is 0. The Morgan fingerprint density at radius 2 is 2.78 bits per heavy atom. The monoisotopic (exact) mass is 131 g/mol. The first-order chi connectivity index (χ1) is 5.46. The van der Waals surface area contributed by atoms with Gasteiger partial charge in [0, 0.05) is 13.6 Å². The molecule has 9 heavy (non-hydrogen) atoms. The molecule has 0 aliphatic carbocycles. The van der Waals surface area contributed by atoms with E-state index < -0.39 is 12.4 Å². The number of nitrogens with one attached hydrogen (secondary N) is 1. The fourth-order valence-electron chi connectivity index (χ4n) is 0.697. The number of carbonyl (C=O) groups excluding carboxylic acids is 1. The van der Waals surface area contributed by atoms with Gasteiger partial charge in [0.2, 0.25) is 5.91 Å². The van der Waals surface area contributed by atoms with Crippen molar-refractivity contribution in [2.24, 2.45) is 0 Å². The highest BCUT2D eigenvalue weighted by Crippen LogP contribution is 1.90. The highest BCUT2D eigenvalue weighted by Gasteiger charge is 2.10. The van der Waals surface area contributed by atoms with E-state index in [0.29, 0.717) is 24.8 Å². The van der Waals surface area contributed by atoms with Crippen LogP contribution in [0.5, 0.6) is 0 Å². The Bertz CT molecular complexity index is 197. The third-order valence-electron chi connectivity index (χ3n) is 1.28. The minimum Gasteiger partial charge on any atom is -0.345 e. The molecule has 1 aliphatic heterocycles. The Kier molecular flexibility index (Phi) is 1.12. The lowest BCUT2D eigenvalue weighted by Gasteiger charge is -2.11. The number of likely N-dealkylation sites (N-methyl/N-ethyl adjacent to an activating group) is 1. The lowest BCUT2D eigenvalue weighted by molar-refractivity contribution is -0.128. The summed E-state index contributed by atoms with van der Waals surface area (Å²) in [6.45, 7) is -1.35. The van der Waals surface area contributed by atoms with Crippen LogP contribution in [-0.2, 0) is 4.79 Å². The van der Waals surface area contributed by atoms with Gasteiger partial charge in [0.1, 0.15) is 1.41 Å². The van der Waals surface area contributed by atoms with Gasteiger partial charge in [0.15, 0.2) is 0 Å². The standard InChI is InChI=1S/C6H12N2O/c1-8-4-2-3-7-5-6(8)9/h7H,2-5H2,1H3/i5D2/hD. The van der Waals surface area contributed by atoms with Gasteiger partial charge in [-0.15, -0.1) is 0 Å². The number of carbonyl (C=O) groups is 1. The van der Waals surface area contributed by atoms with Gasteiger partial charge in [-0.1, -0.05) is 0 Å². The number of hydrogen-bond acceptors (Lipinski definition) is 2. The van der Waals surface area contributed by atoms with Crippen LogP contribution in [0.25, 0.3) is 0 Å². The van der Waals surface area contributed by atoms with Gasteiger partial charge >= 0.3 is 0 Å². The molecule has 1 aliphatic rings. The average Bonchev–Trinajstić information content (AvgIpc) is 2.07. The van der Waals surface area contributed by atoms with E-state index in [-0.39, 0.29) is 0 Å². The number of hydrogen-bond donors (Lipinski definition) is 1. The molecule has 0 bridgehead atoms. The van der Waals surface area contributed by atoms with Crippen molar-refractivity contribution in [2.75, 3.05) is 26.6 Å². The fraction of sp³-hybridized carbons (Fsp3) is 0.833. The van der Waals surface area contributed by atoms with E-state index in [0.717, 1.165) is 0 Å². The average molecular weight is 131 g/mol. The summed E-state index contributed by atoms with van der Waals surface area (Å²) in [5, 5.41) is 0.707. The highest BCUT2D eigenvalue weighted by molar-refractivity contribution is 5.78. The summed E-state index contributed by atoms with van der Waals surface area (Å²) in [7, 11) is 1.55. The Morgan fingerprint density at radius 3 is 3.56 bits per heavy atom. The molecule has 1 saturated heterocycles. The van der Waals surface area contributed by atoms with Crippen molar-refractivity contribution in [1.82, 2.24) is 10.2 Å². The summed E-state index contributed by atoms with van der Waals surface area (Å²) in [4.78, 5) is 12.6. The summed E-state index contributed by atoms with van der Waals surface area (Å²) in [6.07, 6.45) is 0.644. The molecule has 1 fully saturated rings. The van der Waals surface area contributed by atoms with Crippen molar-refractivity contribution in [3.63, 3.8) is 0 Å². The van der Waals surface area contributed by atoms with Crippen LogP contribution >= 0.6 is 0 Å². The molecule has 0 saturated carbocycles. The van der Waals surface area contributed by atoms with E-state index in [1.165, 1.54) is 4.90 Å². The first kappa shape index (κ1) is 3.56. The van der Waals surface area contributed by atoms with Crippen LogP contribution < -0.4 is 5.31 Å². The zero-order valence-corrected chi connectivity index (χ0v) is 5.42. The Hall–Kier alpha value is -0.570. The number of rotatable bonds is 0. The highest BCUT2D eigenvalue weighted by atomic mass is 16.2. The molecular weight excluding hydrogens is 116 g/mol. The quantitative estimate of drug-likeness (QED) is 0.478. The third-order valence-corrected chi connectivity index (χ3v) is 1.28. The minimum atomic E-state index is -2.16. The van der Waals surface area contributed by atoms with Crippen molar-refractivity contribution in [2.45, 2.75) is 6.42 Å². The molecule has 1 N–H and O–H groups in total. The van der Waals surface area contributed by atoms with Gasteiger partial charge in [-0.3, -0.25) is 4.79 Å². The summed E-state index contributed by atoms with van der Waals surface area (Å²) < 4.78 is 21.9. The van der Waals surface area contributed by atoms with E-state index in [1.807, 2.05) is 0 Å². The zero-order valence-electron chi connectivity index (χ0n) is 8.42. The number of amides is 1. The fourth-order valence-corrected chi connectivity index (χ4v) is 0.697. The van der Waals surface area contributed by atoms with Crippen molar-refractivity contribution in [3.8, 4) is 0 Å². The maximum atomic E-state index is 11.3. The zero-order chi connectivity index (χ0) is 9.35. The normalized spacial score (nSPS) is 34.6. The first-order valence-corrected chi connectivity index (χ1v) is 2.98. The summed E-state index contributed by atoms with van der Waals surface area (Å²) in [6, 6.07) is 0. The van der Waals surface area contributed by atoms with Gasteiger partial charge in [-0.2, -0.15) is 0 Å². The van der Waals surface area contributed by atoms with E-state index in [4.69, 9.17) is 4.15 Å². The largest absolute Gasteiger partial charge is 0.345 e. The molecule has 0 spiro atoms. The molecule has 1 heterocycles. The van der Waals surface area contributed by atoms with E-state index in [2.05, 4.69) is 0 Å². The summed E-state index contributed by atoms with van der Waals surface area (Å²) in [5.41, 5.74) is 0. The Balaban J connectivity index is 2.85. The van der Waals surface area contributed by atoms with Crippen molar-refractivity contribution >= 4 is 5.91 Å².